The number of carbonyl (C=O) groups excluding carboxylic acids is 2. The van der Waals surface area contributed by atoms with E-state index in [9.17, 15) is 20.0 Å². The number of nitrogens with one attached hydrogen (secondary N) is 3. The molecule has 4 N–H and O–H groups in total. The molecular weight excluding hydrogens is 578 g/mol. The Bertz CT molecular complexity index is 1650. The van der Waals surface area contributed by atoms with Crippen LogP contribution in [0.4, 0.5) is 21.9 Å². The molecule has 3 aromatic rings. The second kappa shape index (κ2) is 15.3. The summed E-state index contributed by atoms with van der Waals surface area (Å²) in [7, 11) is 0. The van der Waals surface area contributed by atoms with E-state index in [0.29, 0.717) is 23.5 Å². The lowest BCUT2D eigenvalue weighted by molar-refractivity contribution is -0.123. The minimum Gasteiger partial charge on any atom is -0.506 e. The number of ether oxygens (including phenoxy) is 1. The Kier molecular flexibility index (Phi) is 11.8. The molecule has 0 aromatic heterocycles. The van der Waals surface area contributed by atoms with Gasteiger partial charge in [-0.05, 0) is 78.5 Å². The number of urea groups is 1. The van der Waals surface area contributed by atoms with E-state index in [0.717, 1.165) is 31.2 Å². The van der Waals surface area contributed by atoms with Gasteiger partial charge in [-0.3, -0.25) is 4.79 Å². The van der Waals surface area contributed by atoms with Gasteiger partial charge in [-0.2, -0.15) is 10.5 Å². The van der Waals surface area contributed by atoms with E-state index in [1.54, 1.807) is 6.07 Å². The molecule has 0 fully saturated rings. The molecule has 9 heteroatoms. The fourth-order valence-electron chi connectivity index (χ4n) is 4.80. The summed E-state index contributed by atoms with van der Waals surface area (Å²) in [6.07, 6.45) is 3.35. The Morgan fingerprint density at radius 1 is 0.826 bits per heavy atom. The molecule has 0 saturated heterocycles. The first-order valence-electron chi connectivity index (χ1n) is 15.8. The van der Waals surface area contributed by atoms with Crippen LogP contribution in [0.5, 0.6) is 11.5 Å². The summed E-state index contributed by atoms with van der Waals surface area (Å²) in [5.74, 6) is 0.104. The lowest BCUT2D eigenvalue weighted by Gasteiger charge is -2.31. The van der Waals surface area contributed by atoms with Crippen LogP contribution in [0.25, 0.3) is 0 Å². The molecule has 242 valence electrons. The van der Waals surface area contributed by atoms with Crippen molar-refractivity contribution in [3.05, 3.63) is 76.9 Å². The van der Waals surface area contributed by atoms with Crippen molar-refractivity contribution < 1.29 is 19.4 Å². The number of hydrogen-bond acceptors (Lipinski definition) is 6. The van der Waals surface area contributed by atoms with E-state index in [2.05, 4.69) is 76.5 Å². The average molecular weight is 624 g/mol. The Balaban J connectivity index is 1.78. The number of unbranched alkanes of at least 4 members (excludes halogenated alkanes) is 1. The summed E-state index contributed by atoms with van der Waals surface area (Å²) in [5.41, 5.74) is 3.24. The van der Waals surface area contributed by atoms with Gasteiger partial charge in [-0.25, -0.2) is 4.79 Å². The van der Waals surface area contributed by atoms with Gasteiger partial charge in [0.25, 0.3) is 5.91 Å². The monoisotopic (exact) mass is 623 g/mol. The minimum atomic E-state index is -0.757. The largest absolute Gasteiger partial charge is 0.506 e. The predicted molar refractivity (Wildman–Crippen MR) is 182 cm³/mol. The van der Waals surface area contributed by atoms with E-state index in [-0.39, 0.29) is 39.3 Å². The highest BCUT2D eigenvalue weighted by molar-refractivity contribution is 6.01. The first-order valence-corrected chi connectivity index (χ1v) is 15.8. The number of hydrogen-bond donors (Lipinski definition) is 4. The number of carbonyl (C=O) groups is 2. The Labute approximate surface area is 272 Å². The molecule has 3 aromatic carbocycles. The van der Waals surface area contributed by atoms with Gasteiger partial charge in [0.1, 0.15) is 23.6 Å². The van der Waals surface area contributed by atoms with E-state index in [4.69, 9.17) is 10.00 Å². The van der Waals surface area contributed by atoms with Gasteiger partial charge in [-0.1, -0.05) is 67.0 Å². The molecule has 1 atom stereocenters. The van der Waals surface area contributed by atoms with Crippen LogP contribution < -0.4 is 20.7 Å². The number of nitriles is 2. The van der Waals surface area contributed by atoms with Gasteiger partial charge in [-0.15, -0.1) is 0 Å². The maximum atomic E-state index is 13.6. The lowest BCUT2D eigenvalue weighted by atomic mass is 9.76. The molecule has 9 nitrogen and oxygen atoms in total. The molecular formula is C37H45N5O4. The molecule has 0 spiro atoms. The number of benzene rings is 3. The zero-order valence-corrected chi connectivity index (χ0v) is 27.9. The summed E-state index contributed by atoms with van der Waals surface area (Å²) in [6, 6.07) is 18.2. The van der Waals surface area contributed by atoms with Crippen LogP contribution in [-0.4, -0.2) is 23.1 Å². The van der Waals surface area contributed by atoms with E-state index >= 15 is 0 Å². The highest BCUT2D eigenvalue weighted by atomic mass is 16.5. The molecule has 1 unspecified atom stereocenters. The minimum absolute atomic E-state index is 0.00431. The van der Waals surface area contributed by atoms with Crippen LogP contribution >= 0.6 is 0 Å². The fraction of sp³-hybridized carbons (Fsp3) is 0.405. The smallest absolute Gasteiger partial charge is 0.323 e. The predicted octanol–water partition coefficient (Wildman–Crippen LogP) is 8.73. The van der Waals surface area contributed by atoms with Crippen LogP contribution in [0.1, 0.15) is 103 Å². The van der Waals surface area contributed by atoms with Crippen LogP contribution in [0, 0.1) is 22.7 Å². The third kappa shape index (κ3) is 8.79. The quantitative estimate of drug-likeness (QED) is 0.140. The van der Waals surface area contributed by atoms with E-state index in [1.807, 2.05) is 18.2 Å². The van der Waals surface area contributed by atoms with Gasteiger partial charge < -0.3 is 25.8 Å². The second-order valence-corrected chi connectivity index (χ2v) is 12.7. The summed E-state index contributed by atoms with van der Waals surface area (Å²) in [4.78, 5) is 26.1. The van der Waals surface area contributed by atoms with Crippen LogP contribution in [0.2, 0.25) is 0 Å². The van der Waals surface area contributed by atoms with Crippen LogP contribution in [-0.2, 0) is 15.6 Å². The van der Waals surface area contributed by atoms with Crippen molar-refractivity contribution in [1.29, 1.82) is 10.5 Å². The van der Waals surface area contributed by atoms with Gasteiger partial charge in [0.2, 0.25) is 0 Å². The third-order valence-electron chi connectivity index (χ3n) is 8.67. The number of phenolic OH excluding ortho intramolecular Hbond substituents is 1. The molecule has 3 rings (SSSR count). The Morgan fingerprint density at radius 3 is 2.09 bits per heavy atom. The number of amides is 3. The first kappa shape index (κ1) is 35.5. The van der Waals surface area contributed by atoms with E-state index in [1.165, 1.54) is 35.9 Å². The summed E-state index contributed by atoms with van der Waals surface area (Å²) < 4.78 is 6.49. The molecule has 0 saturated carbocycles. The molecule has 0 heterocycles. The molecule has 0 aliphatic carbocycles. The zero-order valence-electron chi connectivity index (χ0n) is 27.9. The molecule has 0 radical (unpaired) electrons. The number of nitrogens with zero attached hydrogens (tertiary/aromatic N) is 2. The lowest BCUT2D eigenvalue weighted by Crippen LogP contribution is -2.34. The Morgan fingerprint density at radius 2 is 1.48 bits per heavy atom. The maximum absolute atomic E-state index is 13.6. The number of phenols is 1. The number of aromatic hydroxyl groups is 1. The number of anilines is 3. The second-order valence-electron chi connectivity index (χ2n) is 12.7. The van der Waals surface area contributed by atoms with Crippen molar-refractivity contribution in [2.24, 2.45) is 0 Å². The summed E-state index contributed by atoms with van der Waals surface area (Å²) >= 11 is 0. The average Bonchev–Trinajstić information content (AvgIpc) is 3.04. The van der Waals surface area contributed by atoms with Gasteiger partial charge in [0.05, 0.1) is 16.8 Å². The van der Waals surface area contributed by atoms with Crippen molar-refractivity contribution in [1.82, 2.24) is 0 Å². The van der Waals surface area contributed by atoms with Crippen LogP contribution in [0.15, 0.2) is 54.6 Å². The van der Waals surface area contributed by atoms with Gasteiger partial charge in [0.15, 0.2) is 6.10 Å². The summed E-state index contributed by atoms with van der Waals surface area (Å²) in [5, 5.41) is 36.9. The molecule has 3 amide bonds. The van der Waals surface area contributed by atoms with Gasteiger partial charge >= 0.3 is 6.03 Å². The topological polar surface area (TPSA) is 147 Å². The van der Waals surface area contributed by atoms with Crippen molar-refractivity contribution >= 4 is 29.0 Å². The van der Waals surface area contributed by atoms with Gasteiger partial charge in [0, 0.05) is 23.0 Å². The Hall–Kier alpha value is -5.02. The van der Waals surface area contributed by atoms with Crippen molar-refractivity contribution in [2.45, 2.75) is 97.5 Å². The highest BCUT2D eigenvalue weighted by Crippen LogP contribution is 2.39. The molecule has 0 bridgehead atoms. The molecule has 0 aliphatic rings. The fourth-order valence-corrected chi connectivity index (χ4v) is 4.80. The third-order valence-corrected chi connectivity index (χ3v) is 8.67. The maximum Gasteiger partial charge on any atom is 0.323 e. The number of rotatable bonds is 13. The van der Waals surface area contributed by atoms with Crippen molar-refractivity contribution in [3.63, 3.8) is 0 Å². The summed E-state index contributed by atoms with van der Waals surface area (Å²) in [6.45, 7) is 15.2. The van der Waals surface area contributed by atoms with Crippen LogP contribution in [0.3, 0.4) is 0 Å². The standard InChI is InChI=1S/C37H45N5O4/c1-8-11-12-33(46-32-18-14-26(36(4,5)9-2)20-29(32)37(6,7)10-3)34(44)40-28-16-17-30(31(43)21-28)42-35(45)41-27-15-13-24(22-38)25(19-27)23-39/h13-21,33,43H,8-12H2,1-7H3,(H,40,44)(H2,41,42,45). The molecule has 46 heavy (non-hydrogen) atoms. The van der Waals surface area contributed by atoms with Crippen molar-refractivity contribution in [3.8, 4) is 23.6 Å². The van der Waals surface area contributed by atoms with Crippen molar-refractivity contribution in [2.75, 3.05) is 16.0 Å². The normalized spacial score (nSPS) is 11.9. The zero-order chi connectivity index (χ0) is 34.1. The van der Waals surface area contributed by atoms with E-state index < -0.39 is 12.1 Å². The highest BCUT2D eigenvalue weighted by Gasteiger charge is 2.29. The first-order chi connectivity index (χ1) is 21.8. The SMILES string of the molecule is CCCCC(Oc1ccc(C(C)(C)CC)cc1C(C)(C)CC)C(=O)Nc1ccc(NC(=O)Nc2ccc(C#N)c(C#N)c2)c(O)c1. The molecule has 0 aliphatic heterocycles.